The fourth-order valence-electron chi connectivity index (χ4n) is 1.27. The van der Waals surface area contributed by atoms with E-state index >= 15 is 0 Å². The first-order valence-electron chi connectivity index (χ1n) is 5.09. The molecule has 0 bridgehead atoms. The molecule has 2 N–H and O–H groups in total. The Morgan fingerprint density at radius 3 is 1.81 bits per heavy atom. The standard InChI is InChI=1S/C9H18O5S.Na.H/c10-9(11)7-5-3-1-2-4-6-8-15(12,13)14;;/h1-8H2,(H,10,11)(H,12,13,14);;. The summed E-state index contributed by atoms with van der Waals surface area (Å²) in [5, 5.41) is 8.35. The van der Waals surface area contributed by atoms with Gasteiger partial charge < -0.3 is 5.11 Å². The summed E-state index contributed by atoms with van der Waals surface area (Å²) in [6.07, 6.45) is 4.76. The first-order chi connectivity index (χ1) is 6.92. The van der Waals surface area contributed by atoms with Gasteiger partial charge in [0.25, 0.3) is 10.1 Å². The molecule has 16 heavy (non-hydrogen) atoms. The molecule has 0 aliphatic carbocycles. The van der Waals surface area contributed by atoms with Crippen LogP contribution in [0.5, 0.6) is 0 Å². The maximum absolute atomic E-state index is 10.3. The van der Waals surface area contributed by atoms with Gasteiger partial charge in [-0.1, -0.05) is 25.7 Å². The number of rotatable bonds is 9. The Morgan fingerprint density at radius 2 is 1.38 bits per heavy atom. The minimum absolute atomic E-state index is 0. The van der Waals surface area contributed by atoms with E-state index in [4.69, 9.17) is 9.66 Å². The molecule has 0 aromatic carbocycles. The van der Waals surface area contributed by atoms with E-state index in [9.17, 15) is 13.2 Å². The average Bonchev–Trinajstić information content (AvgIpc) is 2.07. The summed E-state index contributed by atoms with van der Waals surface area (Å²) in [6, 6.07) is 0. The van der Waals surface area contributed by atoms with E-state index in [1.54, 1.807) is 0 Å². The molecule has 0 aliphatic heterocycles. The first-order valence-corrected chi connectivity index (χ1v) is 6.70. The van der Waals surface area contributed by atoms with Crippen LogP contribution in [0.3, 0.4) is 0 Å². The molecule has 0 amide bonds. The molecule has 0 aliphatic rings. The zero-order valence-electron chi connectivity index (χ0n) is 8.68. The Kier molecular flexibility index (Phi) is 12.3. The van der Waals surface area contributed by atoms with E-state index in [1.165, 1.54) is 0 Å². The number of carbonyl (C=O) groups is 1. The van der Waals surface area contributed by atoms with Crippen molar-refractivity contribution in [2.45, 2.75) is 44.9 Å². The van der Waals surface area contributed by atoms with Crippen molar-refractivity contribution in [1.82, 2.24) is 0 Å². The fraction of sp³-hybridized carbons (Fsp3) is 0.889. The van der Waals surface area contributed by atoms with Crippen LogP contribution in [-0.4, -0.2) is 59.4 Å². The molecule has 92 valence electrons. The van der Waals surface area contributed by atoms with Crippen molar-refractivity contribution in [2.75, 3.05) is 5.75 Å². The number of aliphatic carboxylic acids is 1. The van der Waals surface area contributed by atoms with Crippen LogP contribution in [-0.2, 0) is 14.9 Å². The number of carboxylic acid groups (broad SMARTS) is 1. The number of carboxylic acids is 1. The molecule has 0 unspecified atom stereocenters. The molecule has 7 heteroatoms. The molecule has 0 saturated carbocycles. The second-order valence-electron chi connectivity index (χ2n) is 3.55. The molecule has 0 fully saturated rings. The average molecular weight is 262 g/mol. The zero-order chi connectivity index (χ0) is 11.7. The van der Waals surface area contributed by atoms with Gasteiger partial charge in [-0.25, -0.2) is 0 Å². The Balaban J connectivity index is 0. The molecule has 0 heterocycles. The van der Waals surface area contributed by atoms with E-state index in [0.717, 1.165) is 25.7 Å². The second kappa shape index (κ2) is 10.5. The quantitative estimate of drug-likeness (QED) is 0.368. The third-order valence-electron chi connectivity index (χ3n) is 2.04. The Hall–Kier alpha value is 0.380. The van der Waals surface area contributed by atoms with E-state index < -0.39 is 16.1 Å². The van der Waals surface area contributed by atoms with Gasteiger partial charge in [-0.3, -0.25) is 9.35 Å². The molecule has 0 saturated heterocycles. The molecule has 0 rings (SSSR count). The molecular weight excluding hydrogens is 243 g/mol. The van der Waals surface area contributed by atoms with Crippen LogP contribution in [0.1, 0.15) is 44.9 Å². The summed E-state index contributed by atoms with van der Waals surface area (Å²) < 4.78 is 29.1. The minimum atomic E-state index is -3.81. The fourth-order valence-corrected chi connectivity index (χ4v) is 1.84. The Labute approximate surface area is 119 Å². The normalized spacial score (nSPS) is 10.8. The molecular formula is C9H19NaO5S. The van der Waals surface area contributed by atoms with Gasteiger partial charge in [-0.2, -0.15) is 8.42 Å². The van der Waals surface area contributed by atoms with Crippen molar-refractivity contribution in [1.29, 1.82) is 0 Å². The number of hydrogen-bond acceptors (Lipinski definition) is 3. The van der Waals surface area contributed by atoms with Gasteiger partial charge >= 0.3 is 35.5 Å². The van der Waals surface area contributed by atoms with Gasteiger partial charge in [0.2, 0.25) is 0 Å². The van der Waals surface area contributed by atoms with Crippen LogP contribution in [0.25, 0.3) is 0 Å². The van der Waals surface area contributed by atoms with Gasteiger partial charge in [0.05, 0.1) is 5.75 Å². The van der Waals surface area contributed by atoms with Crippen molar-refractivity contribution < 1.29 is 22.9 Å². The van der Waals surface area contributed by atoms with Gasteiger partial charge in [0, 0.05) is 6.42 Å². The third-order valence-corrected chi connectivity index (χ3v) is 2.85. The number of hydrogen-bond donors (Lipinski definition) is 2. The third kappa shape index (κ3) is 16.8. The van der Waals surface area contributed by atoms with Crippen LogP contribution < -0.4 is 0 Å². The molecule has 0 spiro atoms. The molecule has 5 nitrogen and oxygen atoms in total. The van der Waals surface area contributed by atoms with E-state index in [-0.39, 0.29) is 41.7 Å². The van der Waals surface area contributed by atoms with Crippen molar-refractivity contribution in [2.24, 2.45) is 0 Å². The summed E-state index contributed by atoms with van der Waals surface area (Å²) in [6.45, 7) is 0. The van der Waals surface area contributed by atoms with E-state index in [2.05, 4.69) is 0 Å². The molecule has 0 aromatic heterocycles. The van der Waals surface area contributed by atoms with Crippen molar-refractivity contribution in [3.8, 4) is 0 Å². The maximum atomic E-state index is 10.3. The van der Waals surface area contributed by atoms with Gasteiger partial charge in [0.15, 0.2) is 0 Å². The van der Waals surface area contributed by atoms with Crippen LogP contribution in [0.15, 0.2) is 0 Å². The zero-order valence-corrected chi connectivity index (χ0v) is 9.50. The van der Waals surface area contributed by atoms with Gasteiger partial charge in [-0.05, 0) is 12.8 Å². The topological polar surface area (TPSA) is 91.7 Å². The Bertz CT molecular complexity index is 276. The van der Waals surface area contributed by atoms with Gasteiger partial charge in [0.1, 0.15) is 0 Å². The SMILES string of the molecule is O=C(O)CCCCCCCCS(=O)(=O)O.[NaH]. The first kappa shape index (κ1) is 18.7. The van der Waals surface area contributed by atoms with Crippen LogP contribution in [0, 0.1) is 0 Å². The van der Waals surface area contributed by atoms with Crippen LogP contribution in [0.4, 0.5) is 0 Å². The van der Waals surface area contributed by atoms with Crippen molar-refractivity contribution in [3.05, 3.63) is 0 Å². The summed E-state index contributed by atoms with van der Waals surface area (Å²) >= 11 is 0. The molecule has 0 atom stereocenters. The van der Waals surface area contributed by atoms with Crippen LogP contribution >= 0.6 is 0 Å². The summed E-state index contributed by atoms with van der Waals surface area (Å²) in [5.41, 5.74) is 0. The second-order valence-corrected chi connectivity index (χ2v) is 5.12. The van der Waals surface area contributed by atoms with E-state index in [0.29, 0.717) is 12.8 Å². The monoisotopic (exact) mass is 262 g/mol. The summed E-state index contributed by atoms with van der Waals surface area (Å²) in [7, 11) is -3.81. The molecule has 0 aromatic rings. The Morgan fingerprint density at radius 1 is 0.938 bits per heavy atom. The van der Waals surface area contributed by atoms with Crippen molar-refractivity contribution in [3.63, 3.8) is 0 Å². The predicted octanol–water partition coefficient (Wildman–Crippen LogP) is 1.04. The van der Waals surface area contributed by atoms with E-state index in [1.807, 2.05) is 0 Å². The van der Waals surface area contributed by atoms with Gasteiger partial charge in [-0.15, -0.1) is 0 Å². The molecule has 0 radical (unpaired) electrons. The summed E-state index contributed by atoms with van der Waals surface area (Å²) in [4.78, 5) is 10.2. The van der Waals surface area contributed by atoms with Crippen molar-refractivity contribution >= 4 is 45.6 Å². The van der Waals surface area contributed by atoms with Crippen LogP contribution in [0.2, 0.25) is 0 Å². The number of unbranched alkanes of at least 4 members (excludes halogenated alkanes) is 5. The predicted molar refractivity (Wildman–Crippen MR) is 63.5 cm³/mol. The summed E-state index contributed by atoms with van der Waals surface area (Å²) in [5.74, 6) is -0.955.